The summed E-state index contributed by atoms with van der Waals surface area (Å²) in [6, 6.07) is 8.04. The van der Waals surface area contributed by atoms with Gasteiger partial charge in [-0.1, -0.05) is 65.0 Å². The largest absolute Gasteiger partial charge is 0.469 e. The van der Waals surface area contributed by atoms with Crippen LogP contribution in [-0.2, 0) is 19.1 Å². The molecule has 5 aliphatic rings. The third-order valence-electron chi connectivity index (χ3n) is 16.5. The molecule has 0 unspecified atom stereocenters. The van der Waals surface area contributed by atoms with E-state index in [0.717, 1.165) is 58.0 Å². The van der Waals surface area contributed by atoms with Crippen LogP contribution < -0.4 is 10.6 Å². The first-order valence-electron chi connectivity index (χ1n) is 20.7. The minimum atomic E-state index is -0.306. The normalized spacial score (nSPS) is 36.8. The Hall–Kier alpha value is -2.93. The number of allylic oxidation sites excluding steroid dienone is 3. The van der Waals surface area contributed by atoms with Crippen molar-refractivity contribution < 1.29 is 23.9 Å². The molecule has 0 saturated heterocycles. The fourth-order valence-electron chi connectivity index (χ4n) is 13.7. The van der Waals surface area contributed by atoms with Gasteiger partial charge in [0.15, 0.2) is 0 Å². The molecule has 4 fully saturated rings. The average Bonchev–Trinajstić information content (AvgIpc) is 3.54. The minimum Gasteiger partial charge on any atom is -0.469 e. The van der Waals surface area contributed by atoms with E-state index in [4.69, 9.17) is 9.47 Å². The van der Waals surface area contributed by atoms with E-state index in [0.29, 0.717) is 48.1 Å². The summed E-state index contributed by atoms with van der Waals surface area (Å²) >= 11 is 0. The predicted octanol–water partition coefficient (Wildman–Crippen LogP) is 9.17. The van der Waals surface area contributed by atoms with Gasteiger partial charge in [0, 0.05) is 13.0 Å². The molecular weight excluding hydrogens is 661 g/mol. The summed E-state index contributed by atoms with van der Waals surface area (Å²) in [6.45, 7) is 21.9. The van der Waals surface area contributed by atoms with Crippen molar-refractivity contribution in [3.05, 3.63) is 53.6 Å². The number of carbonyl (C=O) groups excluding carboxylic acids is 3. The van der Waals surface area contributed by atoms with Crippen molar-refractivity contribution in [3.63, 3.8) is 0 Å². The molecule has 1 aromatic rings. The monoisotopic (exact) mass is 729 g/mol. The number of fused-ring (bicyclic) bond motifs is 7. The number of benzene rings is 1. The molecule has 7 heteroatoms. The van der Waals surface area contributed by atoms with Gasteiger partial charge in [-0.3, -0.25) is 9.59 Å². The van der Waals surface area contributed by atoms with E-state index in [1.54, 1.807) is 0 Å². The fourth-order valence-corrected chi connectivity index (χ4v) is 13.7. The van der Waals surface area contributed by atoms with E-state index < -0.39 is 0 Å². The zero-order valence-corrected chi connectivity index (χ0v) is 34.1. The maximum absolute atomic E-state index is 14.4. The first kappa shape index (κ1) is 39.8. The lowest BCUT2D eigenvalue weighted by molar-refractivity contribution is -0.225. The van der Waals surface area contributed by atoms with Crippen molar-refractivity contribution in [1.29, 1.82) is 0 Å². The van der Waals surface area contributed by atoms with E-state index in [9.17, 15) is 14.4 Å². The van der Waals surface area contributed by atoms with Gasteiger partial charge in [-0.25, -0.2) is 4.79 Å². The number of esters is 2. The topological polar surface area (TPSA) is 93.7 Å². The summed E-state index contributed by atoms with van der Waals surface area (Å²) in [4.78, 5) is 38.0. The van der Waals surface area contributed by atoms with Crippen LogP contribution in [0.25, 0.3) is 5.57 Å². The van der Waals surface area contributed by atoms with Gasteiger partial charge in [0.05, 0.1) is 25.2 Å². The summed E-state index contributed by atoms with van der Waals surface area (Å²) in [5.41, 5.74) is 4.76. The molecule has 53 heavy (non-hydrogen) atoms. The second-order valence-corrected chi connectivity index (χ2v) is 19.0. The van der Waals surface area contributed by atoms with Crippen LogP contribution in [0, 0.1) is 56.7 Å². The Kier molecular flexibility index (Phi) is 11.2. The molecule has 9 atom stereocenters. The summed E-state index contributed by atoms with van der Waals surface area (Å²) in [5, 5.41) is 6.85. The second kappa shape index (κ2) is 15.0. The van der Waals surface area contributed by atoms with Crippen LogP contribution in [0.5, 0.6) is 0 Å². The smallest absolute Gasteiger partial charge is 0.337 e. The number of hydrogen-bond donors (Lipinski definition) is 2. The molecule has 2 N–H and O–H groups in total. The first-order chi connectivity index (χ1) is 25.1. The summed E-state index contributed by atoms with van der Waals surface area (Å²) in [5.74, 6) is 2.28. The van der Waals surface area contributed by atoms with Crippen molar-refractivity contribution >= 4 is 23.4 Å². The first-order valence-corrected chi connectivity index (χ1v) is 20.7. The number of nitrogens with one attached hydrogen (secondary N) is 2. The lowest BCUT2D eigenvalue weighted by Gasteiger charge is -2.72. The fraction of sp³-hybridized carbons (Fsp3) is 0.717. The lowest BCUT2D eigenvalue weighted by atomic mass is 9.32. The van der Waals surface area contributed by atoms with Gasteiger partial charge in [0.25, 0.3) is 0 Å². The third-order valence-corrected chi connectivity index (χ3v) is 16.5. The van der Waals surface area contributed by atoms with E-state index in [-0.39, 0.29) is 44.9 Å². The molecular formula is C46H68N2O5. The zero-order valence-electron chi connectivity index (χ0n) is 34.1. The Bertz CT molecular complexity index is 1600. The Morgan fingerprint density at radius 2 is 1.53 bits per heavy atom. The van der Waals surface area contributed by atoms with Crippen molar-refractivity contribution in [2.45, 2.75) is 119 Å². The molecule has 0 aliphatic heterocycles. The molecule has 6 rings (SSSR count). The summed E-state index contributed by atoms with van der Waals surface area (Å²) < 4.78 is 9.70. The molecule has 0 radical (unpaired) electrons. The van der Waals surface area contributed by atoms with E-state index in [1.165, 1.54) is 56.6 Å². The Balaban J connectivity index is 1.20. The number of rotatable bonds is 12. The highest BCUT2D eigenvalue weighted by molar-refractivity contribution is 5.90. The number of amides is 1. The summed E-state index contributed by atoms with van der Waals surface area (Å²) in [6.07, 6.45) is 14.7. The van der Waals surface area contributed by atoms with E-state index in [2.05, 4.69) is 77.0 Å². The highest BCUT2D eigenvalue weighted by Gasteiger charge is 2.71. The molecule has 1 amide bonds. The van der Waals surface area contributed by atoms with Crippen LogP contribution in [0.2, 0.25) is 0 Å². The summed E-state index contributed by atoms with van der Waals surface area (Å²) in [7, 11) is 2.86. The SMILES string of the molecule is C=C(C)[C@@H]1CC[C@]2(C(=O)NCCCNCCCC(=O)OC)CC[C@]3(C)[C@H](CC[C@@H]4[C@@]5(C)CC=C(c6ccc(C(=O)OC)cc6)C(C)(C)[C@@H]5CC[C@]43C)[C@@H]12. The average molecular weight is 729 g/mol. The number of methoxy groups -OCH3 is 2. The van der Waals surface area contributed by atoms with Crippen LogP contribution in [0.3, 0.4) is 0 Å². The van der Waals surface area contributed by atoms with Crippen molar-refractivity contribution in [2.75, 3.05) is 33.9 Å². The third kappa shape index (κ3) is 6.53. The van der Waals surface area contributed by atoms with Gasteiger partial charge < -0.3 is 20.1 Å². The highest BCUT2D eigenvalue weighted by Crippen LogP contribution is 2.77. The van der Waals surface area contributed by atoms with Crippen LogP contribution in [0.1, 0.15) is 135 Å². The highest BCUT2D eigenvalue weighted by atomic mass is 16.5. The molecule has 0 aromatic heterocycles. The van der Waals surface area contributed by atoms with Crippen molar-refractivity contribution in [3.8, 4) is 0 Å². The Morgan fingerprint density at radius 1 is 0.811 bits per heavy atom. The van der Waals surface area contributed by atoms with Crippen LogP contribution in [-0.4, -0.2) is 51.7 Å². The van der Waals surface area contributed by atoms with Crippen molar-refractivity contribution in [2.24, 2.45) is 56.7 Å². The molecule has 5 aliphatic carbocycles. The van der Waals surface area contributed by atoms with Crippen LogP contribution >= 0.6 is 0 Å². The number of ether oxygens (including phenoxy) is 2. The molecule has 0 spiro atoms. The van der Waals surface area contributed by atoms with E-state index >= 15 is 0 Å². The molecule has 292 valence electrons. The zero-order chi connectivity index (χ0) is 38.4. The standard InChI is InChI=1S/C46H68N2O5/c1-30(2)33-19-24-46(41(51)48-29-11-28-47-27-10-12-38(49)52-8)26-25-44(6)35(39(33)46)17-18-37-43(5)22-20-34(31-13-15-32(16-14-31)40(50)53-9)42(3,4)36(43)21-23-45(37,44)7/h13-16,20,33,35-37,39,47H,1,10-12,17-19,21-29H2,2-9H3,(H,48,51)/t33-,35+,36-,37+,39+,43-,44+,45+,46-/m0/s1. The maximum atomic E-state index is 14.4. The van der Waals surface area contributed by atoms with Gasteiger partial charge in [-0.15, -0.1) is 0 Å². The molecule has 0 heterocycles. The van der Waals surface area contributed by atoms with Crippen molar-refractivity contribution in [1.82, 2.24) is 10.6 Å². The molecule has 0 bridgehead atoms. The Labute approximate surface area is 319 Å². The quantitative estimate of drug-likeness (QED) is 0.127. The predicted molar refractivity (Wildman–Crippen MR) is 212 cm³/mol. The van der Waals surface area contributed by atoms with E-state index in [1.807, 2.05) is 12.1 Å². The maximum Gasteiger partial charge on any atom is 0.337 e. The Morgan fingerprint density at radius 3 is 2.21 bits per heavy atom. The molecule has 1 aromatic carbocycles. The van der Waals surface area contributed by atoms with Crippen LogP contribution in [0.4, 0.5) is 0 Å². The molecule has 4 saturated carbocycles. The number of hydrogen-bond acceptors (Lipinski definition) is 6. The van der Waals surface area contributed by atoms with Gasteiger partial charge in [0.2, 0.25) is 5.91 Å². The molecule has 7 nitrogen and oxygen atoms in total. The van der Waals surface area contributed by atoms with Gasteiger partial charge >= 0.3 is 11.9 Å². The van der Waals surface area contributed by atoms with Gasteiger partial charge in [-0.05, 0) is 165 Å². The second-order valence-electron chi connectivity index (χ2n) is 19.0. The number of carbonyl (C=O) groups is 3. The lowest BCUT2D eigenvalue weighted by Crippen LogP contribution is -2.66. The van der Waals surface area contributed by atoms with Gasteiger partial charge in [-0.2, -0.15) is 0 Å². The minimum absolute atomic E-state index is 0.00769. The van der Waals surface area contributed by atoms with Crippen LogP contribution in [0.15, 0.2) is 42.5 Å². The van der Waals surface area contributed by atoms with Gasteiger partial charge in [0.1, 0.15) is 0 Å².